The summed E-state index contributed by atoms with van der Waals surface area (Å²) in [5.41, 5.74) is -0.0524. The monoisotopic (exact) mass is 449 g/mol. The van der Waals surface area contributed by atoms with E-state index in [-0.39, 0.29) is 6.42 Å². The van der Waals surface area contributed by atoms with Gasteiger partial charge in [0.1, 0.15) is 17.7 Å². The number of aliphatic carboxylic acids is 2. The molecule has 1 aliphatic heterocycles. The van der Waals surface area contributed by atoms with Gasteiger partial charge in [-0.1, -0.05) is 30.3 Å². The molecular formula is C21H27N3O8. The van der Waals surface area contributed by atoms with Gasteiger partial charge < -0.3 is 30.5 Å². The molecule has 32 heavy (non-hydrogen) atoms. The number of carbonyl (C=O) groups is 5. The molecule has 0 aromatic heterocycles. The lowest BCUT2D eigenvalue weighted by Crippen LogP contribution is -2.53. The molecule has 1 fully saturated rings. The van der Waals surface area contributed by atoms with Crippen molar-refractivity contribution in [1.82, 2.24) is 15.5 Å². The zero-order valence-corrected chi connectivity index (χ0v) is 18.2. The molecule has 0 radical (unpaired) electrons. The molecule has 1 aliphatic rings. The molecular weight excluding hydrogens is 422 g/mol. The smallest absolute Gasteiger partial charge is 0.408 e. The second-order valence-electron chi connectivity index (χ2n) is 8.43. The first-order chi connectivity index (χ1) is 14.8. The van der Waals surface area contributed by atoms with Gasteiger partial charge in [-0.2, -0.15) is 0 Å². The van der Waals surface area contributed by atoms with Crippen molar-refractivity contribution in [2.24, 2.45) is 0 Å². The van der Waals surface area contributed by atoms with Gasteiger partial charge in [-0.05, 0) is 33.3 Å². The van der Waals surface area contributed by atoms with Crippen LogP contribution in [-0.2, 0) is 30.3 Å². The third kappa shape index (κ3) is 6.43. The van der Waals surface area contributed by atoms with E-state index >= 15 is 0 Å². The average molecular weight is 449 g/mol. The van der Waals surface area contributed by atoms with Crippen molar-refractivity contribution >= 4 is 29.8 Å². The summed E-state index contributed by atoms with van der Waals surface area (Å²) in [5, 5.41) is 23.1. The molecule has 0 aliphatic carbocycles. The Bertz CT molecular complexity index is 876. The molecule has 3 amide bonds. The number of hydrogen-bond donors (Lipinski definition) is 4. The van der Waals surface area contributed by atoms with Crippen LogP contribution in [0.2, 0.25) is 0 Å². The fourth-order valence-electron chi connectivity index (χ4n) is 3.12. The highest BCUT2D eigenvalue weighted by Gasteiger charge is 2.61. The number of ether oxygens (including phenoxy) is 1. The van der Waals surface area contributed by atoms with Gasteiger partial charge in [0, 0.05) is 6.42 Å². The highest BCUT2D eigenvalue weighted by molar-refractivity contribution is 6.02. The van der Waals surface area contributed by atoms with E-state index in [0.29, 0.717) is 4.90 Å². The predicted molar refractivity (Wildman–Crippen MR) is 111 cm³/mol. The standard InChI is InChI=1S/C21H27N3O8/c1-11(17(26)24-14(18(27)28)15(24)19(29)30)22-16(25)13(10-12-8-6-5-7-9-12)23-20(31)32-21(2,3)4/h5-9,11,13-15H,10H2,1-4H3,(H,22,25)(H,23,31)(H,27,28)(H,29,30)/t11-,13+,14+,15+/m1/s1. The summed E-state index contributed by atoms with van der Waals surface area (Å²) in [7, 11) is 0. The van der Waals surface area contributed by atoms with Gasteiger partial charge in [0.05, 0.1) is 0 Å². The number of benzene rings is 1. The van der Waals surface area contributed by atoms with Crippen LogP contribution in [0.15, 0.2) is 30.3 Å². The molecule has 2 rings (SSSR count). The van der Waals surface area contributed by atoms with Gasteiger partial charge in [-0.25, -0.2) is 14.4 Å². The van der Waals surface area contributed by atoms with Crippen LogP contribution in [0.4, 0.5) is 4.79 Å². The van der Waals surface area contributed by atoms with E-state index in [4.69, 9.17) is 14.9 Å². The largest absolute Gasteiger partial charge is 0.480 e. The third-order valence-electron chi connectivity index (χ3n) is 4.59. The Kier molecular flexibility index (Phi) is 7.44. The first-order valence-corrected chi connectivity index (χ1v) is 9.93. The minimum atomic E-state index is -1.49. The number of alkyl carbamates (subject to hydrolysis) is 1. The van der Waals surface area contributed by atoms with Crippen molar-refractivity contribution in [2.45, 2.75) is 63.9 Å². The summed E-state index contributed by atoms with van der Waals surface area (Å²) in [4.78, 5) is 60.6. The van der Waals surface area contributed by atoms with Crippen LogP contribution in [-0.4, -0.2) is 74.7 Å². The van der Waals surface area contributed by atoms with Gasteiger partial charge >= 0.3 is 18.0 Å². The molecule has 1 aromatic carbocycles. The third-order valence-corrected chi connectivity index (χ3v) is 4.59. The van der Waals surface area contributed by atoms with E-state index < -0.39 is 59.6 Å². The first kappa shape index (κ1) is 24.6. The molecule has 0 saturated carbocycles. The molecule has 0 spiro atoms. The lowest BCUT2D eigenvalue weighted by molar-refractivity contribution is -0.140. The van der Waals surface area contributed by atoms with Crippen LogP contribution < -0.4 is 10.6 Å². The summed E-state index contributed by atoms with van der Waals surface area (Å²) in [5.74, 6) is -4.45. The number of carbonyl (C=O) groups excluding carboxylic acids is 3. The van der Waals surface area contributed by atoms with Gasteiger partial charge in [0.15, 0.2) is 12.1 Å². The van der Waals surface area contributed by atoms with Crippen LogP contribution in [0.25, 0.3) is 0 Å². The molecule has 4 N–H and O–H groups in total. The minimum absolute atomic E-state index is 0.103. The maximum Gasteiger partial charge on any atom is 0.408 e. The number of carboxylic acids is 2. The zero-order valence-electron chi connectivity index (χ0n) is 18.2. The molecule has 1 heterocycles. The van der Waals surface area contributed by atoms with Crippen LogP contribution in [0.1, 0.15) is 33.3 Å². The number of nitrogens with zero attached hydrogens (tertiary/aromatic N) is 1. The van der Waals surface area contributed by atoms with Crippen molar-refractivity contribution in [3.8, 4) is 0 Å². The van der Waals surface area contributed by atoms with E-state index in [1.54, 1.807) is 51.1 Å². The molecule has 4 atom stereocenters. The van der Waals surface area contributed by atoms with Crippen molar-refractivity contribution in [2.75, 3.05) is 0 Å². The zero-order chi connectivity index (χ0) is 24.2. The Morgan fingerprint density at radius 3 is 2.00 bits per heavy atom. The topological polar surface area (TPSA) is 162 Å². The summed E-state index contributed by atoms with van der Waals surface area (Å²) >= 11 is 0. The number of hydrogen-bond acceptors (Lipinski definition) is 6. The van der Waals surface area contributed by atoms with E-state index in [1.165, 1.54) is 6.92 Å². The minimum Gasteiger partial charge on any atom is -0.480 e. The Labute approximate surface area is 184 Å². The number of rotatable bonds is 8. The SMILES string of the molecule is C[C@@H](NC(=O)[C@H](Cc1ccccc1)NC(=O)OC(C)(C)C)C(=O)N1[C@H](C(=O)O)[C@H]1C(=O)O. The van der Waals surface area contributed by atoms with Gasteiger partial charge in [0.25, 0.3) is 0 Å². The van der Waals surface area contributed by atoms with Gasteiger partial charge in [-0.15, -0.1) is 0 Å². The lowest BCUT2D eigenvalue weighted by Gasteiger charge is -2.24. The highest BCUT2D eigenvalue weighted by Crippen LogP contribution is 2.29. The van der Waals surface area contributed by atoms with Crippen molar-refractivity contribution in [1.29, 1.82) is 0 Å². The Balaban J connectivity index is 2.10. The second-order valence-corrected chi connectivity index (χ2v) is 8.43. The van der Waals surface area contributed by atoms with Crippen LogP contribution in [0.5, 0.6) is 0 Å². The lowest BCUT2D eigenvalue weighted by atomic mass is 10.0. The van der Waals surface area contributed by atoms with Crippen molar-refractivity contribution < 1.29 is 38.9 Å². The fraction of sp³-hybridized carbons (Fsp3) is 0.476. The Hall–Kier alpha value is -3.63. The maximum absolute atomic E-state index is 12.9. The maximum atomic E-state index is 12.9. The molecule has 1 saturated heterocycles. The Morgan fingerprint density at radius 1 is 1.00 bits per heavy atom. The second kappa shape index (κ2) is 9.67. The quantitative estimate of drug-likeness (QED) is 0.414. The predicted octanol–water partition coefficient (Wildman–Crippen LogP) is 0.376. The van der Waals surface area contributed by atoms with E-state index in [1.807, 2.05) is 0 Å². The first-order valence-electron chi connectivity index (χ1n) is 9.93. The molecule has 174 valence electrons. The molecule has 1 aromatic rings. The summed E-state index contributed by atoms with van der Waals surface area (Å²) in [6.45, 7) is 6.31. The van der Waals surface area contributed by atoms with Gasteiger partial charge in [-0.3, -0.25) is 9.59 Å². The Morgan fingerprint density at radius 2 is 1.53 bits per heavy atom. The van der Waals surface area contributed by atoms with Gasteiger partial charge in [0.2, 0.25) is 11.8 Å². The molecule has 11 nitrogen and oxygen atoms in total. The molecule has 0 bridgehead atoms. The average Bonchev–Trinajstić information content (AvgIpc) is 3.42. The van der Waals surface area contributed by atoms with E-state index in [0.717, 1.165) is 5.56 Å². The summed E-state index contributed by atoms with van der Waals surface area (Å²) in [6.07, 6.45) is -0.720. The molecule has 11 heteroatoms. The fourth-order valence-corrected chi connectivity index (χ4v) is 3.12. The van der Waals surface area contributed by atoms with Crippen LogP contribution in [0, 0.1) is 0 Å². The number of carboxylic acid groups (broad SMARTS) is 2. The number of nitrogens with one attached hydrogen (secondary N) is 2. The highest BCUT2D eigenvalue weighted by atomic mass is 16.6. The van der Waals surface area contributed by atoms with Crippen LogP contribution in [0.3, 0.4) is 0 Å². The van der Waals surface area contributed by atoms with E-state index in [2.05, 4.69) is 10.6 Å². The summed E-state index contributed by atoms with van der Waals surface area (Å²) < 4.78 is 5.20. The van der Waals surface area contributed by atoms with E-state index in [9.17, 15) is 24.0 Å². The van der Waals surface area contributed by atoms with Crippen molar-refractivity contribution in [3.05, 3.63) is 35.9 Å². The summed E-state index contributed by atoms with van der Waals surface area (Å²) in [6, 6.07) is 3.56. The molecule has 0 unspecified atom stereocenters. The van der Waals surface area contributed by atoms with Crippen LogP contribution >= 0.6 is 0 Å². The normalized spacial score (nSPS) is 19.3. The van der Waals surface area contributed by atoms with Crippen molar-refractivity contribution in [3.63, 3.8) is 0 Å². The number of amides is 3.